The molecule has 2 amide bonds. The maximum Gasteiger partial charge on any atom is 0.249 e. The summed E-state index contributed by atoms with van der Waals surface area (Å²) in [6, 6.07) is -0.0171. The molecule has 0 radical (unpaired) electrons. The van der Waals surface area contributed by atoms with Gasteiger partial charge in [-0.05, 0) is 32.7 Å². The Morgan fingerprint density at radius 2 is 2.29 bits per heavy atom. The molecule has 6 nitrogen and oxygen atoms in total. The molecule has 2 heterocycles. The largest absolute Gasteiger partial charge is 0.327 e. The fourth-order valence-electron chi connectivity index (χ4n) is 3.08. The van der Waals surface area contributed by atoms with E-state index in [1.165, 1.54) is 4.88 Å². The Balaban J connectivity index is 1.94. The van der Waals surface area contributed by atoms with Crippen molar-refractivity contribution in [1.82, 2.24) is 15.6 Å². The van der Waals surface area contributed by atoms with Gasteiger partial charge in [-0.1, -0.05) is 6.92 Å². The molecule has 21 heavy (non-hydrogen) atoms. The van der Waals surface area contributed by atoms with Gasteiger partial charge < -0.3 is 10.2 Å². The van der Waals surface area contributed by atoms with Crippen molar-refractivity contribution in [3.05, 3.63) is 10.6 Å². The average molecular weight is 308 g/mol. The molecule has 2 N–H and O–H groups in total. The maximum absolute atomic E-state index is 12.0. The Morgan fingerprint density at radius 3 is 3.00 bits per heavy atom. The van der Waals surface area contributed by atoms with Gasteiger partial charge in [0.05, 0.1) is 11.7 Å². The minimum absolute atomic E-state index is 0.209. The second-order valence-electron chi connectivity index (χ2n) is 5.50. The Morgan fingerprint density at radius 1 is 1.48 bits per heavy atom. The molecule has 1 aromatic rings. The number of carbonyl (C=O) groups is 2. The number of fused-ring (bicyclic) bond motifs is 1. The molecule has 1 aliphatic heterocycles. The van der Waals surface area contributed by atoms with E-state index in [0.29, 0.717) is 6.42 Å². The molecule has 0 aromatic carbocycles. The Bertz CT molecular complexity index is 571. The predicted octanol–water partition coefficient (Wildman–Crippen LogP) is 0.981. The number of imide groups is 1. The highest BCUT2D eigenvalue weighted by molar-refractivity contribution is 7.15. The van der Waals surface area contributed by atoms with E-state index in [2.05, 4.69) is 10.6 Å². The lowest BCUT2D eigenvalue weighted by molar-refractivity contribution is -0.132. The SMILES string of the molecule is CCC1C(=O)NC(=O)CN1c1nc2c(s1)CCCC2NC. The Kier molecular flexibility index (Phi) is 3.95. The summed E-state index contributed by atoms with van der Waals surface area (Å²) in [7, 11) is 1.95. The summed E-state index contributed by atoms with van der Waals surface area (Å²) in [5, 5.41) is 6.51. The lowest BCUT2D eigenvalue weighted by Crippen LogP contribution is -2.58. The first kappa shape index (κ1) is 14.5. The second-order valence-corrected chi connectivity index (χ2v) is 6.56. The first-order chi connectivity index (χ1) is 10.1. The van der Waals surface area contributed by atoms with Gasteiger partial charge >= 0.3 is 0 Å². The molecular formula is C14H20N4O2S. The summed E-state index contributed by atoms with van der Waals surface area (Å²) in [4.78, 5) is 31.5. The van der Waals surface area contributed by atoms with E-state index < -0.39 is 0 Å². The topological polar surface area (TPSA) is 74.3 Å². The monoisotopic (exact) mass is 308 g/mol. The number of aromatic nitrogens is 1. The van der Waals surface area contributed by atoms with Crippen LogP contribution in [0, 0.1) is 0 Å². The zero-order chi connectivity index (χ0) is 15.0. The minimum atomic E-state index is -0.302. The lowest BCUT2D eigenvalue weighted by Gasteiger charge is -2.33. The summed E-state index contributed by atoms with van der Waals surface area (Å²) in [5.74, 6) is -0.463. The van der Waals surface area contributed by atoms with E-state index in [0.717, 1.165) is 30.1 Å². The van der Waals surface area contributed by atoms with Crippen molar-refractivity contribution in [1.29, 1.82) is 0 Å². The van der Waals surface area contributed by atoms with Gasteiger partial charge in [0.2, 0.25) is 11.8 Å². The summed E-state index contributed by atoms with van der Waals surface area (Å²) in [6.07, 6.45) is 3.94. The third kappa shape index (κ3) is 2.55. The molecular weight excluding hydrogens is 288 g/mol. The van der Waals surface area contributed by atoms with Crippen molar-refractivity contribution in [2.75, 3.05) is 18.5 Å². The molecule has 1 aromatic heterocycles. The van der Waals surface area contributed by atoms with E-state index in [1.54, 1.807) is 11.3 Å². The molecule has 0 spiro atoms. The minimum Gasteiger partial charge on any atom is -0.327 e. The van der Waals surface area contributed by atoms with Crippen LogP contribution in [0.3, 0.4) is 0 Å². The van der Waals surface area contributed by atoms with Crippen molar-refractivity contribution in [2.24, 2.45) is 0 Å². The number of rotatable bonds is 3. The number of thiazole rings is 1. The zero-order valence-corrected chi connectivity index (χ0v) is 13.1. The summed E-state index contributed by atoms with van der Waals surface area (Å²) in [5.41, 5.74) is 1.09. The number of nitrogens with zero attached hydrogens (tertiary/aromatic N) is 2. The highest BCUT2D eigenvalue weighted by atomic mass is 32.1. The fraction of sp³-hybridized carbons (Fsp3) is 0.643. The van der Waals surface area contributed by atoms with Gasteiger partial charge in [-0.15, -0.1) is 11.3 Å². The fourth-order valence-corrected chi connectivity index (χ4v) is 4.30. The van der Waals surface area contributed by atoms with E-state index in [1.807, 2.05) is 18.9 Å². The number of nitrogens with one attached hydrogen (secondary N) is 2. The molecule has 1 saturated heterocycles. The van der Waals surface area contributed by atoms with E-state index in [-0.39, 0.29) is 30.4 Å². The van der Waals surface area contributed by atoms with Gasteiger partial charge in [0.25, 0.3) is 0 Å². The third-order valence-corrected chi connectivity index (χ3v) is 5.35. The summed E-state index contributed by atoms with van der Waals surface area (Å²) < 4.78 is 0. The van der Waals surface area contributed by atoms with Crippen molar-refractivity contribution in [3.8, 4) is 0 Å². The van der Waals surface area contributed by atoms with Crippen LogP contribution in [0.1, 0.15) is 42.8 Å². The number of hydrogen-bond donors (Lipinski definition) is 2. The molecule has 0 bridgehead atoms. The van der Waals surface area contributed by atoms with Gasteiger partial charge in [0, 0.05) is 4.88 Å². The lowest BCUT2D eigenvalue weighted by atomic mass is 9.98. The molecule has 1 fully saturated rings. The Labute approximate surface area is 127 Å². The molecule has 2 atom stereocenters. The van der Waals surface area contributed by atoms with Crippen molar-refractivity contribution in [3.63, 3.8) is 0 Å². The quantitative estimate of drug-likeness (QED) is 0.814. The van der Waals surface area contributed by atoms with Crippen LogP contribution in [0.5, 0.6) is 0 Å². The van der Waals surface area contributed by atoms with Gasteiger partial charge in [-0.25, -0.2) is 4.98 Å². The van der Waals surface area contributed by atoms with Crippen LogP contribution >= 0.6 is 11.3 Å². The molecule has 1 aliphatic carbocycles. The van der Waals surface area contributed by atoms with Gasteiger partial charge in [-0.2, -0.15) is 0 Å². The van der Waals surface area contributed by atoms with Crippen LogP contribution in [0.4, 0.5) is 5.13 Å². The van der Waals surface area contributed by atoms with Crippen LogP contribution in [0.15, 0.2) is 0 Å². The smallest absolute Gasteiger partial charge is 0.249 e. The van der Waals surface area contributed by atoms with Gasteiger partial charge in [-0.3, -0.25) is 14.9 Å². The maximum atomic E-state index is 12.0. The van der Waals surface area contributed by atoms with Crippen LogP contribution in [0.25, 0.3) is 0 Å². The normalized spacial score (nSPS) is 25.7. The Hall–Kier alpha value is -1.47. The van der Waals surface area contributed by atoms with E-state index >= 15 is 0 Å². The summed E-state index contributed by atoms with van der Waals surface area (Å²) in [6.45, 7) is 2.16. The van der Waals surface area contributed by atoms with Crippen LogP contribution in [0.2, 0.25) is 0 Å². The average Bonchev–Trinajstić information content (AvgIpc) is 2.90. The first-order valence-corrected chi connectivity index (χ1v) is 8.22. The predicted molar refractivity (Wildman–Crippen MR) is 81.4 cm³/mol. The number of carbonyl (C=O) groups excluding carboxylic acids is 2. The van der Waals surface area contributed by atoms with Crippen LogP contribution in [-0.2, 0) is 16.0 Å². The number of aryl methyl sites for hydroxylation is 1. The second kappa shape index (κ2) is 5.73. The highest BCUT2D eigenvalue weighted by Gasteiger charge is 2.35. The molecule has 2 unspecified atom stereocenters. The van der Waals surface area contributed by atoms with Crippen LogP contribution < -0.4 is 15.5 Å². The number of piperazine rings is 1. The number of anilines is 1. The molecule has 7 heteroatoms. The number of hydrogen-bond acceptors (Lipinski definition) is 6. The molecule has 3 rings (SSSR count). The van der Waals surface area contributed by atoms with E-state index in [4.69, 9.17) is 4.98 Å². The van der Waals surface area contributed by atoms with Crippen molar-refractivity contribution < 1.29 is 9.59 Å². The van der Waals surface area contributed by atoms with Crippen molar-refractivity contribution in [2.45, 2.75) is 44.7 Å². The molecule has 114 valence electrons. The van der Waals surface area contributed by atoms with Crippen LogP contribution in [-0.4, -0.2) is 36.4 Å². The van der Waals surface area contributed by atoms with Gasteiger partial charge in [0.1, 0.15) is 12.6 Å². The van der Waals surface area contributed by atoms with Gasteiger partial charge in [0.15, 0.2) is 5.13 Å². The van der Waals surface area contributed by atoms with Crippen molar-refractivity contribution >= 4 is 28.3 Å². The molecule has 2 aliphatic rings. The first-order valence-electron chi connectivity index (χ1n) is 7.41. The standard InChI is InChI=1S/C14H20N4O2S/c1-3-9-13(20)16-11(19)7-18(9)14-17-12-8(15-2)5-4-6-10(12)21-14/h8-9,15H,3-7H2,1-2H3,(H,16,19,20). The number of amides is 2. The highest BCUT2D eigenvalue weighted by Crippen LogP contribution is 2.37. The van der Waals surface area contributed by atoms with E-state index in [9.17, 15) is 9.59 Å². The summed E-state index contributed by atoms with van der Waals surface area (Å²) >= 11 is 1.63. The third-order valence-electron chi connectivity index (χ3n) is 4.18. The zero-order valence-electron chi connectivity index (χ0n) is 12.3. The molecule has 0 saturated carbocycles.